The van der Waals surface area contributed by atoms with Crippen molar-refractivity contribution in [2.45, 2.75) is 44.0 Å². The maximum absolute atomic E-state index is 12.8. The van der Waals surface area contributed by atoms with Crippen LogP contribution in [0.2, 0.25) is 0 Å². The van der Waals surface area contributed by atoms with Crippen LogP contribution in [0.25, 0.3) is 0 Å². The summed E-state index contributed by atoms with van der Waals surface area (Å²) >= 11 is 2.76. The van der Waals surface area contributed by atoms with Crippen molar-refractivity contribution in [1.29, 1.82) is 0 Å². The molecule has 1 saturated heterocycles. The van der Waals surface area contributed by atoms with Crippen LogP contribution >= 0.6 is 23.5 Å². The Kier molecular flexibility index (Phi) is 9.02. The molecule has 0 aromatic rings. The molecule has 2 N–H and O–H groups in total. The second kappa shape index (κ2) is 11.7. The Bertz CT molecular complexity index is 830. The van der Waals surface area contributed by atoms with Crippen molar-refractivity contribution >= 4 is 47.3 Å². The predicted molar refractivity (Wildman–Crippen MR) is 119 cm³/mol. The summed E-state index contributed by atoms with van der Waals surface area (Å²) in [7, 11) is 0. The average Bonchev–Trinajstić information content (AvgIpc) is 2.78. The van der Waals surface area contributed by atoms with Gasteiger partial charge in [-0.2, -0.15) is 0 Å². The predicted octanol–water partition coefficient (Wildman–Crippen LogP) is 1.05. The number of allylic oxidation sites excluding steroid dienone is 2. The fourth-order valence-corrected chi connectivity index (χ4v) is 5.02. The Morgan fingerprint density at radius 2 is 2.09 bits per heavy atom. The molecule has 0 aromatic carbocycles. The van der Waals surface area contributed by atoms with E-state index in [-0.39, 0.29) is 36.1 Å². The molecule has 3 rings (SSSR count). The molecule has 1 aliphatic carbocycles. The maximum atomic E-state index is 12.8. The Labute approximate surface area is 194 Å². The van der Waals surface area contributed by atoms with E-state index in [9.17, 15) is 19.2 Å². The third kappa shape index (κ3) is 6.06. The van der Waals surface area contributed by atoms with Gasteiger partial charge in [0.15, 0.2) is 0 Å². The standard InChI is InChI=1S/C20H27N3O7S2/c1-12(24)28-9-13-10-32-19-16(18(26)23(19)17(13)20(27)29-11-31-2)22-21-8-15(25)30-14-6-4-3-5-7-14/h6,16,19,21-22H,3-5,7-11H2,1-2H3/t16-,19-/m1/s1. The average molecular weight is 486 g/mol. The second-order valence-corrected chi connectivity index (χ2v) is 9.26. The zero-order chi connectivity index (χ0) is 23.1. The molecule has 0 unspecified atom stereocenters. The molecule has 176 valence electrons. The number of rotatable bonds is 10. The Morgan fingerprint density at radius 1 is 1.28 bits per heavy atom. The molecule has 2 atom stereocenters. The van der Waals surface area contributed by atoms with E-state index in [0.29, 0.717) is 17.1 Å². The highest BCUT2D eigenvalue weighted by Crippen LogP contribution is 2.40. The summed E-state index contributed by atoms with van der Waals surface area (Å²) < 4.78 is 15.6. The number of thioether (sulfide) groups is 2. The number of amides is 1. The van der Waals surface area contributed by atoms with E-state index in [1.165, 1.54) is 35.3 Å². The molecule has 0 radical (unpaired) electrons. The molecule has 0 bridgehead atoms. The van der Waals surface area contributed by atoms with Crippen LogP contribution in [0.4, 0.5) is 0 Å². The summed E-state index contributed by atoms with van der Waals surface area (Å²) in [4.78, 5) is 50.0. The lowest BCUT2D eigenvalue weighted by molar-refractivity contribution is -0.151. The molecule has 2 heterocycles. The van der Waals surface area contributed by atoms with Gasteiger partial charge in [-0.05, 0) is 31.6 Å². The molecule has 3 aliphatic rings. The van der Waals surface area contributed by atoms with Gasteiger partial charge in [-0.3, -0.25) is 19.3 Å². The number of ether oxygens (including phenoxy) is 3. The van der Waals surface area contributed by atoms with Gasteiger partial charge >= 0.3 is 17.9 Å². The summed E-state index contributed by atoms with van der Waals surface area (Å²) in [5.74, 6) is -0.641. The molecule has 12 heteroatoms. The number of hydrogen-bond donors (Lipinski definition) is 2. The number of hydrogen-bond acceptors (Lipinski definition) is 11. The SMILES string of the molecule is CSCOC(=O)C1=C(COC(C)=O)CS[C@@H]2[C@H](NNCC(=O)OC3=CCCCC3)C(=O)N12. The number of carbonyl (C=O) groups excluding carboxylic acids is 4. The van der Waals surface area contributed by atoms with Crippen LogP contribution in [0, 0.1) is 0 Å². The van der Waals surface area contributed by atoms with Gasteiger partial charge in [0.1, 0.15) is 42.0 Å². The van der Waals surface area contributed by atoms with Crippen molar-refractivity contribution in [3.05, 3.63) is 23.1 Å². The minimum absolute atomic E-state index is 0.0828. The van der Waals surface area contributed by atoms with Crippen molar-refractivity contribution < 1.29 is 33.4 Å². The summed E-state index contributed by atoms with van der Waals surface area (Å²) in [6, 6.07) is -0.625. The van der Waals surface area contributed by atoms with E-state index in [2.05, 4.69) is 10.9 Å². The number of carbonyl (C=O) groups is 4. The Balaban J connectivity index is 1.57. The lowest BCUT2D eigenvalue weighted by Gasteiger charge is -2.49. The number of β-lactam (4-membered cyclic amide) rings is 1. The number of nitrogens with one attached hydrogen (secondary N) is 2. The van der Waals surface area contributed by atoms with E-state index in [1.807, 2.05) is 6.08 Å². The number of nitrogens with zero attached hydrogens (tertiary/aromatic N) is 1. The van der Waals surface area contributed by atoms with Crippen molar-refractivity contribution in [1.82, 2.24) is 15.8 Å². The molecule has 32 heavy (non-hydrogen) atoms. The zero-order valence-electron chi connectivity index (χ0n) is 18.0. The normalized spacial score (nSPS) is 22.5. The van der Waals surface area contributed by atoms with Crippen LogP contribution in [-0.4, -0.2) is 71.2 Å². The van der Waals surface area contributed by atoms with Gasteiger partial charge in [0.25, 0.3) is 0 Å². The van der Waals surface area contributed by atoms with E-state index in [0.717, 1.165) is 25.7 Å². The molecule has 1 amide bonds. The van der Waals surface area contributed by atoms with Crippen LogP contribution in [0.3, 0.4) is 0 Å². The quantitative estimate of drug-likeness (QED) is 0.152. The van der Waals surface area contributed by atoms with Crippen LogP contribution < -0.4 is 10.9 Å². The van der Waals surface area contributed by atoms with Crippen LogP contribution in [0.15, 0.2) is 23.1 Å². The lowest BCUT2D eigenvalue weighted by Crippen LogP contribution is -2.72. The van der Waals surface area contributed by atoms with Gasteiger partial charge in [-0.15, -0.1) is 23.5 Å². The molecular weight excluding hydrogens is 458 g/mol. The van der Waals surface area contributed by atoms with Crippen molar-refractivity contribution in [2.24, 2.45) is 0 Å². The lowest BCUT2D eigenvalue weighted by atomic mass is 10.0. The zero-order valence-corrected chi connectivity index (χ0v) is 19.6. The Morgan fingerprint density at radius 3 is 2.78 bits per heavy atom. The highest BCUT2D eigenvalue weighted by Gasteiger charge is 2.53. The topological polar surface area (TPSA) is 123 Å². The van der Waals surface area contributed by atoms with Crippen LogP contribution in [-0.2, 0) is 33.4 Å². The first-order valence-electron chi connectivity index (χ1n) is 10.3. The highest BCUT2D eigenvalue weighted by atomic mass is 32.2. The van der Waals surface area contributed by atoms with Gasteiger partial charge in [0.05, 0.1) is 0 Å². The highest BCUT2D eigenvalue weighted by molar-refractivity contribution is 8.00. The first-order chi connectivity index (χ1) is 15.4. The van der Waals surface area contributed by atoms with Crippen LogP contribution in [0.1, 0.15) is 32.6 Å². The van der Waals surface area contributed by atoms with Gasteiger partial charge < -0.3 is 14.2 Å². The van der Waals surface area contributed by atoms with E-state index in [4.69, 9.17) is 14.2 Å². The molecule has 0 saturated carbocycles. The van der Waals surface area contributed by atoms with Gasteiger partial charge in [0.2, 0.25) is 5.91 Å². The van der Waals surface area contributed by atoms with Crippen molar-refractivity contribution in [2.75, 3.05) is 31.1 Å². The number of hydrazine groups is 1. The van der Waals surface area contributed by atoms with E-state index < -0.39 is 23.9 Å². The summed E-state index contributed by atoms with van der Waals surface area (Å²) in [5, 5.41) is -0.356. The largest absolute Gasteiger partial charge is 0.461 e. The molecule has 1 fully saturated rings. The van der Waals surface area contributed by atoms with Gasteiger partial charge in [0, 0.05) is 24.7 Å². The molecular formula is C20H27N3O7S2. The third-order valence-corrected chi connectivity index (χ3v) is 6.68. The van der Waals surface area contributed by atoms with Crippen molar-refractivity contribution in [3.8, 4) is 0 Å². The summed E-state index contributed by atoms with van der Waals surface area (Å²) in [5.41, 5.74) is 6.26. The second-order valence-electron chi connectivity index (χ2n) is 7.35. The van der Waals surface area contributed by atoms with Gasteiger partial charge in [-0.1, -0.05) is 0 Å². The fourth-order valence-electron chi connectivity index (χ4n) is 3.47. The summed E-state index contributed by atoms with van der Waals surface area (Å²) in [6.45, 7) is 1.09. The first-order valence-corrected chi connectivity index (χ1v) is 12.7. The molecule has 10 nitrogen and oxygen atoms in total. The van der Waals surface area contributed by atoms with E-state index in [1.54, 1.807) is 6.26 Å². The number of fused-ring (bicyclic) bond motifs is 1. The Hall–Kier alpha value is -2.02. The van der Waals surface area contributed by atoms with E-state index >= 15 is 0 Å². The fraction of sp³-hybridized carbons (Fsp3) is 0.600. The van der Waals surface area contributed by atoms with Crippen molar-refractivity contribution in [3.63, 3.8) is 0 Å². The minimum atomic E-state index is -0.629. The summed E-state index contributed by atoms with van der Waals surface area (Å²) in [6.07, 6.45) is 7.49. The molecule has 0 spiro atoms. The molecule has 0 aromatic heterocycles. The maximum Gasteiger partial charge on any atom is 0.356 e. The minimum Gasteiger partial charge on any atom is -0.461 e. The van der Waals surface area contributed by atoms with Gasteiger partial charge in [-0.25, -0.2) is 15.6 Å². The smallest absolute Gasteiger partial charge is 0.356 e. The first kappa shape index (κ1) is 24.6. The van der Waals surface area contributed by atoms with Crippen LogP contribution in [0.5, 0.6) is 0 Å². The third-order valence-electron chi connectivity index (χ3n) is 4.98. The monoisotopic (exact) mass is 485 g/mol. The number of esters is 3. The molecule has 2 aliphatic heterocycles.